The lowest BCUT2D eigenvalue weighted by Crippen LogP contribution is -2.13. The van der Waals surface area contributed by atoms with Gasteiger partial charge in [0.1, 0.15) is 0 Å². The zero-order chi connectivity index (χ0) is 13.4. The molecule has 16 heavy (non-hydrogen) atoms. The van der Waals surface area contributed by atoms with Gasteiger partial charge in [0, 0.05) is 45.0 Å². The highest BCUT2D eigenvalue weighted by molar-refractivity contribution is 6.03. The SMILES string of the molecule is [2H]c1ccc(N(C)C)c2c(N(C)C)ccc([2H])c12. The molecule has 0 saturated carbocycles. The zero-order valence-corrected chi connectivity index (χ0v) is 10.2. The Hall–Kier alpha value is -1.70. The molecule has 0 spiro atoms. The second-order valence-electron chi connectivity index (χ2n) is 4.26. The van der Waals surface area contributed by atoms with Crippen molar-refractivity contribution in [1.29, 1.82) is 0 Å². The summed E-state index contributed by atoms with van der Waals surface area (Å²) in [7, 11) is 7.92. The van der Waals surface area contributed by atoms with Crippen LogP contribution in [0.15, 0.2) is 36.4 Å². The minimum Gasteiger partial charge on any atom is -0.377 e. The van der Waals surface area contributed by atoms with Gasteiger partial charge in [-0.3, -0.25) is 0 Å². The highest BCUT2D eigenvalue weighted by atomic mass is 15.1. The molecule has 0 N–H and O–H groups in total. The fraction of sp³-hybridized carbons (Fsp3) is 0.286. The van der Waals surface area contributed by atoms with Crippen LogP contribution in [0.2, 0.25) is 0 Å². The Labute approximate surface area is 99.9 Å². The normalized spacial score (nSPS) is 12.2. The Morgan fingerprint density at radius 2 is 1.31 bits per heavy atom. The molecule has 2 heteroatoms. The monoisotopic (exact) mass is 216 g/mol. The van der Waals surface area contributed by atoms with Crippen molar-refractivity contribution in [2.24, 2.45) is 0 Å². The smallest absolute Gasteiger partial charge is 0.0629 e. The number of hydrogen-bond acceptors (Lipinski definition) is 2. The van der Waals surface area contributed by atoms with Crippen LogP contribution in [0.25, 0.3) is 10.8 Å². The van der Waals surface area contributed by atoms with Gasteiger partial charge in [0.2, 0.25) is 0 Å². The Morgan fingerprint density at radius 1 is 0.875 bits per heavy atom. The third-order valence-corrected chi connectivity index (χ3v) is 2.66. The molecule has 2 aromatic rings. The van der Waals surface area contributed by atoms with E-state index in [0.29, 0.717) is 17.5 Å². The third kappa shape index (κ3) is 1.71. The van der Waals surface area contributed by atoms with E-state index in [9.17, 15) is 0 Å². The van der Waals surface area contributed by atoms with Gasteiger partial charge >= 0.3 is 0 Å². The molecule has 0 amide bonds. The predicted molar refractivity (Wildman–Crippen MR) is 72.6 cm³/mol. The van der Waals surface area contributed by atoms with E-state index in [2.05, 4.69) is 0 Å². The van der Waals surface area contributed by atoms with Crippen LogP contribution in [0.3, 0.4) is 0 Å². The summed E-state index contributed by atoms with van der Waals surface area (Å²) in [5, 5.41) is 1.69. The molecule has 0 unspecified atom stereocenters. The summed E-state index contributed by atoms with van der Waals surface area (Å²) < 4.78 is 16.0. The number of anilines is 2. The van der Waals surface area contributed by atoms with Gasteiger partial charge in [-0.25, -0.2) is 0 Å². The van der Waals surface area contributed by atoms with Crippen molar-refractivity contribution in [2.75, 3.05) is 38.0 Å². The molecule has 0 bridgehead atoms. The van der Waals surface area contributed by atoms with E-state index in [0.717, 1.165) is 16.8 Å². The summed E-state index contributed by atoms with van der Waals surface area (Å²) in [6.07, 6.45) is 0. The highest BCUT2D eigenvalue weighted by Crippen LogP contribution is 2.33. The summed E-state index contributed by atoms with van der Waals surface area (Å²) >= 11 is 0. The van der Waals surface area contributed by atoms with E-state index < -0.39 is 0 Å². The highest BCUT2D eigenvalue weighted by Gasteiger charge is 2.08. The quantitative estimate of drug-likeness (QED) is 0.761. The minimum absolute atomic E-state index is 0.407. The van der Waals surface area contributed by atoms with Crippen LogP contribution >= 0.6 is 0 Å². The van der Waals surface area contributed by atoms with Crippen molar-refractivity contribution in [1.82, 2.24) is 0 Å². The maximum atomic E-state index is 8.02. The van der Waals surface area contributed by atoms with E-state index >= 15 is 0 Å². The van der Waals surface area contributed by atoms with Gasteiger partial charge in [-0.15, -0.1) is 0 Å². The average Bonchev–Trinajstić information content (AvgIpc) is 2.28. The van der Waals surface area contributed by atoms with Crippen molar-refractivity contribution in [2.45, 2.75) is 0 Å². The standard InChI is InChI=1S/C14H18N2/c1-15(2)12-9-5-7-11-8-6-10-13(14(11)12)16(3)4/h5-10H,1-4H3/i7D,8D. The van der Waals surface area contributed by atoms with Crippen LogP contribution in [0.1, 0.15) is 2.74 Å². The number of rotatable bonds is 2. The maximum absolute atomic E-state index is 8.02. The molecule has 2 aromatic carbocycles. The molecule has 0 atom stereocenters. The van der Waals surface area contributed by atoms with Gasteiger partial charge in [-0.05, 0) is 17.5 Å². The van der Waals surface area contributed by atoms with Crippen LogP contribution in [0, 0.1) is 0 Å². The van der Waals surface area contributed by atoms with Crippen LogP contribution in [-0.2, 0) is 0 Å². The van der Waals surface area contributed by atoms with Gasteiger partial charge in [0.05, 0.1) is 2.74 Å². The van der Waals surface area contributed by atoms with E-state index in [1.807, 2.05) is 50.1 Å². The predicted octanol–water partition coefficient (Wildman–Crippen LogP) is 2.97. The van der Waals surface area contributed by atoms with E-state index in [4.69, 9.17) is 2.74 Å². The van der Waals surface area contributed by atoms with Gasteiger partial charge in [-0.1, -0.05) is 24.2 Å². The lowest BCUT2D eigenvalue weighted by molar-refractivity contribution is 1.12. The Kier molecular flexibility index (Phi) is 2.14. The molecule has 0 aliphatic heterocycles. The summed E-state index contributed by atoms with van der Waals surface area (Å²) in [6.45, 7) is 0. The van der Waals surface area contributed by atoms with Crippen molar-refractivity contribution in [3.63, 3.8) is 0 Å². The zero-order valence-electron chi connectivity index (χ0n) is 12.2. The molecule has 0 aliphatic carbocycles. The van der Waals surface area contributed by atoms with Gasteiger partial charge in [-0.2, -0.15) is 0 Å². The summed E-state index contributed by atoms with van der Waals surface area (Å²) in [6, 6.07) is 8.21. The Bertz CT molecular complexity index is 543. The first kappa shape index (κ1) is 8.45. The van der Waals surface area contributed by atoms with Gasteiger partial charge < -0.3 is 9.80 Å². The fourth-order valence-corrected chi connectivity index (χ4v) is 1.89. The summed E-state index contributed by atoms with van der Waals surface area (Å²) in [4.78, 5) is 4.04. The molecule has 0 aliphatic rings. The number of nitrogens with zero attached hydrogens (tertiary/aromatic N) is 2. The van der Waals surface area contributed by atoms with Crippen molar-refractivity contribution in [3.05, 3.63) is 36.4 Å². The number of benzene rings is 2. The average molecular weight is 216 g/mol. The first-order valence-electron chi connectivity index (χ1n) is 6.31. The second kappa shape index (κ2) is 4.05. The van der Waals surface area contributed by atoms with E-state index in [-0.39, 0.29) is 0 Å². The van der Waals surface area contributed by atoms with E-state index in [1.54, 1.807) is 12.1 Å². The van der Waals surface area contributed by atoms with Crippen LogP contribution in [-0.4, -0.2) is 28.2 Å². The molecule has 0 fully saturated rings. The topological polar surface area (TPSA) is 6.48 Å². The molecule has 0 saturated heterocycles. The van der Waals surface area contributed by atoms with Crippen molar-refractivity contribution >= 4 is 22.1 Å². The minimum atomic E-state index is 0.407. The van der Waals surface area contributed by atoms with Crippen LogP contribution in [0.5, 0.6) is 0 Å². The van der Waals surface area contributed by atoms with Gasteiger partial charge in [0.25, 0.3) is 0 Å². The maximum Gasteiger partial charge on any atom is 0.0629 e. The Morgan fingerprint density at radius 3 is 1.69 bits per heavy atom. The largest absolute Gasteiger partial charge is 0.377 e. The lowest BCUT2D eigenvalue weighted by atomic mass is 10.1. The summed E-state index contributed by atoms with van der Waals surface area (Å²) in [5.41, 5.74) is 2.08. The molecular formula is C14H18N2. The number of fused-ring (bicyclic) bond motifs is 1. The molecule has 84 valence electrons. The number of hydrogen-bond donors (Lipinski definition) is 0. The molecular weight excluding hydrogens is 196 g/mol. The molecule has 2 nitrogen and oxygen atoms in total. The molecule has 2 rings (SSSR count). The van der Waals surface area contributed by atoms with Crippen LogP contribution < -0.4 is 9.80 Å². The second-order valence-corrected chi connectivity index (χ2v) is 4.26. The molecule has 0 radical (unpaired) electrons. The van der Waals surface area contributed by atoms with E-state index in [1.165, 1.54) is 0 Å². The first-order chi connectivity index (χ1) is 8.43. The van der Waals surface area contributed by atoms with Crippen molar-refractivity contribution in [3.8, 4) is 0 Å². The molecule has 0 aromatic heterocycles. The first-order valence-corrected chi connectivity index (χ1v) is 5.31. The van der Waals surface area contributed by atoms with Crippen molar-refractivity contribution < 1.29 is 2.74 Å². The summed E-state index contributed by atoms with van der Waals surface area (Å²) in [5.74, 6) is 0. The third-order valence-electron chi connectivity index (χ3n) is 2.66. The van der Waals surface area contributed by atoms with Crippen LogP contribution in [0.4, 0.5) is 11.4 Å². The molecule has 0 heterocycles. The Balaban J connectivity index is 2.97. The van der Waals surface area contributed by atoms with Gasteiger partial charge in [0.15, 0.2) is 0 Å². The fourth-order valence-electron chi connectivity index (χ4n) is 1.89. The lowest BCUT2D eigenvalue weighted by Gasteiger charge is -2.21.